The van der Waals surface area contributed by atoms with Crippen LogP contribution in [0.4, 0.5) is 5.82 Å². The number of fused-ring (bicyclic) bond motifs is 1. The fraction of sp³-hybridized carbons (Fsp3) is 0.367. The number of aromatic nitrogens is 1. The number of piperidine rings is 1. The highest BCUT2D eigenvalue weighted by Crippen LogP contribution is 2.36. The number of hydrogen-bond acceptors (Lipinski definition) is 6. The van der Waals surface area contributed by atoms with Crippen molar-refractivity contribution in [1.82, 2.24) is 9.88 Å². The smallest absolute Gasteiger partial charge is 0.266 e. The van der Waals surface area contributed by atoms with Gasteiger partial charge in [-0.25, -0.2) is 4.98 Å². The monoisotopic (exact) mass is 531 g/mol. The van der Waals surface area contributed by atoms with Crippen molar-refractivity contribution in [3.63, 3.8) is 0 Å². The third kappa shape index (κ3) is 6.06. The van der Waals surface area contributed by atoms with Gasteiger partial charge in [0.2, 0.25) is 0 Å². The molecule has 3 aromatic rings. The van der Waals surface area contributed by atoms with Crippen molar-refractivity contribution >= 4 is 57.0 Å². The summed E-state index contributed by atoms with van der Waals surface area (Å²) < 4.78 is 5.76. The van der Waals surface area contributed by atoms with Gasteiger partial charge in [0.15, 0.2) is 0 Å². The molecule has 1 amide bonds. The molecular formula is C30H33N3O2S2. The maximum absolute atomic E-state index is 13.2. The minimum absolute atomic E-state index is 0.0250. The van der Waals surface area contributed by atoms with E-state index < -0.39 is 0 Å². The Morgan fingerprint density at radius 3 is 2.68 bits per heavy atom. The molecule has 2 saturated heterocycles. The topological polar surface area (TPSA) is 45.7 Å². The quantitative estimate of drug-likeness (QED) is 0.195. The molecule has 0 unspecified atom stereocenters. The molecule has 0 atom stereocenters. The third-order valence-electron chi connectivity index (χ3n) is 7.15. The van der Waals surface area contributed by atoms with Gasteiger partial charge < -0.3 is 9.64 Å². The number of hydrogen-bond donors (Lipinski definition) is 0. The van der Waals surface area contributed by atoms with Crippen LogP contribution >= 0.6 is 24.0 Å². The number of amides is 1. The molecular weight excluding hydrogens is 498 g/mol. The molecule has 7 heteroatoms. The standard InChI is InChI=1S/C30H33N3O2S2/c1-21-9-10-26-24(17-21)19-25(20-27-29(34)33(30(36)37-27)13-6-16-35-2)28(31-26)32-14-11-23(12-15-32)18-22-7-4-3-5-8-22/h3-5,7-10,17,19-20,23H,6,11-16,18H2,1-2H3/b27-20-. The molecule has 0 radical (unpaired) electrons. The lowest BCUT2D eigenvalue weighted by atomic mass is 9.90. The number of nitrogens with zero attached hydrogens (tertiary/aromatic N) is 3. The highest BCUT2D eigenvalue weighted by atomic mass is 32.2. The molecule has 2 aliphatic heterocycles. The zero-order valence-corrected chi connectivity index (χ0v) is 23.1. The van der Waals surface area contributed by atoms with E-state index in [1.54, 1.807) is 12.0 Å². The van der Waals surface area contributed by atoms with E-state index in [1.165, 1.54) is 22.9 Å². The van der Waals surface area contributed by atoms with E-state index in [9.17, 15) is 4.79 Å². The Balaban J connectivity index is 1.40. The first kappa shape index (κ1) is 25.9. The number of methoxy groups -OCH3 is 1. The number of aryl methyl sites for hydroxylation is 1. The van der Waals surface area contributed by atoms with E-state index in [1.807, 2.05) is 6.08 Å². The Morgan fingerprint density at radius 1 is 1.14 bits per heavy atom. The average Bonchev–Trinajstić information content (AvgIpc) is 3.17. The van der Waals surface area contributed by atoms with Crippen molar-refractivity contribution in [1.29, 1.82) is 0 Å². The van der Waals surface area contributed by atoms with Gasteiger partial charge in [0.05, 0.1) is 10.4 Å². The van der Waals surface area contributed by atoms with Crippen LogP contribution in [-0.4, -0.2) is 53.5 Å². The van der Waals surface area contributed by atoms with Crippen LogP contribution in [0.5, 0.6) is 0 Å². The summed E-state index contributed by atoms with van der Waals surface area (Å²) in [7, 11) is 1.67. The molecule has 2 aliphatic rings. The van der Waals surface area contributed by atoms with Gasteiger partial charge in [0, 0.05) is 44.3 Å². The number of ether oxygens (including phenoxy) is 1. The molecule has 0 N–H and O–H groups in total. The zero-order chi connectivity index (χ0) is 25.8. The Bertz CT molecular complexity index is 1320. The van der Waals surface area contributed by atoms with Gasteiger partial charge in [0.25, 0.3) is 5.91 Å². The highest BCUT2D eigenvalue weighted by Gasteiger charge is 2.32. The minimum Gasteiger partial charge on any atom is -0.385 e. The first-order valence-electron chi connectivity index (χ1n) is 13.0. The van der Waals surface area contributed by atoms with E-state index in [0.29, 0.717) is 28.3 Å². The van der Waals surface area contributed by atoms with Crippen molar-refractivity contribution in [3.05, 3.63) is 76.2 Å². The van der Waals surface area contributed by atoms with Gasteiger partial charge >= 0.3 is 0 Å². The van der Waals surface area contributed by atoms with Gasteiger partial charge in [-0.1, -0.05) is 65.9 Å². The second-order valence-electron chi connectivity index (χ2n) is 9.90. The van der Waals surface area contributed by atoms with Crippen LogP contribution in [-0.2, 0) is 16.0 Å². The summed E-state index contributed by atoms with van der Waals surface area (Å²) in [6, 6.07) is 19.3. The number of rotatable bonds is 8. The first-order valence-corrected chi connectivity index (χ1v) is 14.2. The van der Waals surface area contributed by atoms with Crippen LogP contribution in [0, 0.1) is 12.8 Å². The minimum atomic E-state index is -0.0250. The van der Waals surface area contributed by atoms with E-state index in [2.05, 4.69) is 66.4 Å². The number of pyridine rings is 1. The summed E-state index contributed by atoms with van der Waals surface area (Å²) in [6.07, 6.45) is 6.14. The first-order chi connectivity index (χ1) is 18.0. The Hall–Kier alpha value is -2.74. The van der Waals surface area contributed by atoms with Crippen molar-refractivity contribution < 1.29 is 9.53 Å². The lowest BCUT2D eigenvalue weighted by Crippen LogP contribution is -2.35. The number of thioether (sulfide) groups is 1. The molecule has 192 valence electrons. The summed E-state index contributed by atoms with van der Waals surface area (Å²) in [5.74, 6) is 1.61. The molecule has 2 aromatic carbocycles. The molecule has 3 heterocycles. The van der Waals surface area contributed by atoms with Crippen molar-refractivity contribution in [2.24, 2.45) is 5.92 Å². The fourth-order valence-electron chi connectivity index (χ4n) is 5.16. The second-order valence-corrected chi connectivity index (χ2v) is 11.6. The van der Waals surface area contributed by atoms with E-state index >= 15 is 0 Å². The van der Waals surface area contributed by atoms with Crippen LogP contribution in [0.25, 0.3) is 17.0 Å². The summed E-state index contributed by atoms with van der Waals surface area (Å²) in [5.41, 5.74) is 4.57. The molecule has 1 aromatic heterocycles. The maximum atomic E-state index is 13.2. The van der Waals surface area contributed by atoms with Crippen molar-refractivity contribution in [3.8, 4) is 0 Å². The molecule has 0 saturated carbocycles. The second kappa shape index (κ2) is 11.8. The molecule has 0 aliphatic carbocycles. The Morgan fingerprint density at radius 2 is 1.92 bits per heavy atom. The number of thiocarbonyl (C=S) groups is 1. The lowest BCUT2D eigenvalue weighted by Gasteiger charge is -2.34. The van der Waals surface area contributed by atoms with Gasteiger partial charge in [-0.2, -0.15) is 0 Å². The summed E-state index contributed by atoms with van der Waals surface area (Å²) in [6.45, 7) is 5.19. The number of carbonyl (C=O) groups is 1. The largest absolute Gasteiger partial charge is 0.385 e. The Kier molecular flexibility index (Phi) is 8.23. The summed E-state index contributed by atoms with van der Waals surface area (Å²) >= 11 is 6.92. The molecule has 37 heavy (non-hydrogen) atoms. The lowest BCUT2D eigenvalue weighted by molar-refractivity contribution is -0.122. The molecule has 5 nitrogen and oxygen atoms in total. The van der Waals surface area contributed by atoms with Gasteiger partial charge in [-0.05, 0) is 68.4 Å². The molecule has 0 spiro atoms. The number of anilines is 1. The zero-order valence-electron chi connectivity index (χ0n) is 21.5. The normalized spacial score (nSPS) is 17.9. The van der Waals surface area contributed by atoms with Crippen LogP contribution in [0.3, 0.4) is 0 Å². The number of carbonyl (C=O) groups excluding carboxylic acids is 1. The summed E-state index contributed by atoms with van der Waals surface area (Å²) in [4.78, 5) is 23.1. The van der Waals surface area contributed by atoms with Gasteiger partial charge in [-0.15, -0.1) is 0 Å². The van der Waals surface area contributed by atoms with Crippen molar-refractivity contribution in [2.45, 2.75) is 32.6 Å². The predicted octanol–water partition coefficient (Wildman–Crippen LogP) is 6.24. The average molecular weight is 532 g/mol. The fourth-order valence-corrected chi connectivity index (χ4v) is 6.46. The molecule has 0 bridgehead atoms. The van der Waals surface area contributed by atoms with Crippen LogP contribution in [0.1, 0.15) is 36.0 Å². The predicted molar refractivity (Wildman–Crippen MR) is 158 cm³/mol. The summed E-state index contributed by atoms with van der Waals surface area (Å²) in [5, 5.41) is 1.09. The van der Waals surface area contributed by atoms with E-state index in [0.717, 1.165) is 61.1 Å². The number of benzene rings is 2. The van der Waals surface area contributed by atoms with Gasteiger partial charge in [-0.3, -0.25) is 9.69 Å². The van der Waals surface area contributed by atoms with Crippen molar-refractivity contribution in [2.75, 3.05) is 38.3 Å². The van der Waals surface area contributed by atoms with E-state index in [4.69, 9.17) is 21.9 Å². The molecule has 2 fully saturated rings. The van der Waals surface area contributed by atoms with Crippen LogP contribution in [0.15, 0.2) is 59.5 Å². The third-order valence-corrected chi connectivity index (χ3v) is 8.53. The van der Waals surface area contributed by atoms with Gasteiger partial charge in [0.1, 0.15) is 10.1 Å². The Labute approximate surface area is 228 Å². The molecule has 5 rings (SSSR count). The maximum Gasteiger partial charge on any atom is 0.266 e. The van der Waals surface area contributed by atoms with Crippen LogP contribution < -0.4 is 4.90 Å². The highest BCUT2D eigenvalue weighted by molar-refractivity contribution is 8.26. The van der Waals surface area contributed by atoms with Crippen LogP contribution in [0.2, 0.25) is 0 Å². The van der Waals surface area contributed by atoms with E-state index in [-0.39, 0.29) is 5.91 Å². The SMILES string of the molecule is COCCCN1C(=O)/C(=C/c2cc3cc(C)ccc3nc2N2CCC(Cc3ccccc3)CC2)SC1=S.